The first kappa shape index (κ1) is 15.1. The highest BCUT2D eigenvalue weighted by Gasteiger charge is 2.19. The lowest BCUT2D eigenvalue weighted by Gasteiger charge is -2.23. The minimum absolute atomic E-state index is 0.203. The van der Waals surface area contributed by atoms with Gasteiger partial charge in [0, 0.05) is 18.3 Å². The molecule has 2 atom stereocenters. The largest absolute Gasteiger partial charge is 0.481 e. The first-order chi connectivity index (χ1) is 8.63. The van der Waals surface area contributed by atoms with Gasteiger partial charge in [-0.3, -0.25) is 4.79 Å². The molecule has 2 unspecified atom stereocenters. The molecule has 0 bridgehead atoms. The molecule has 3 N–H and O–H groups in total. The smallest absolute Gasteiger partial charge is 0.315 e. The van der Waals surface area contributed by atoms with E-state index in [-0.39, 0.29) is 18.6 Å². The van der Waals surface area contributed by atoms with Crippen molar-refractivity contribution in [3.63, 3.8) is 0 Å². The number of carbonyl (C=O) groups excluding carboxylic acids is 1. The quantitative estimate of drug-likeness (QED) is 0.688. The van der Waals surface area contributed by atoms with E-state index < -0.39 is 11.9 Å². The number of carbonyl (C=O) groups is 2. The summed E-state index contributed by atoms with van der Waals surface area (Å²) in [4.78, 5) is 22.5. The van der Waals surface area contributed by atoms with Crippen molar-refractivity contribution < 1.29 is 14.7 Å². The Hall–Kier alpha value is -0.910. The van der Waals surface area contributed by atoms with E-state index >= 15 is 0 Å². The minimum Gasteiger partial charge on any atom is -0.481 e. The summed E-state index contributed by atoms with van der Waals surface area (Å²) in [5.41, 5.74) is 0. The molecule has 0 aliphatic carbocycles. The van der Waals surface area contributed by atoms with E-state index in [0.29, 0.717) is 6.42 Å². The van der Waals surface area contributed by atoms with Gasteiger partial charge in [-0.25, -0.2) is 4.79 Å². The van der Waals surface area contributed by atoms with Crippen LogP contribution in [-0.2, 0) is 4.79 Å². The fraction of sp³-hybridized carbons (Fsp3) is 0.833. The van der Waals surface area contributed by atoms with Gasteiger partial charge in [0.05, 0.1) is 5.92 Å². The van der Waals surface area contributed by atoms with E-state index in [1.165, 1.54) is 0 Å². The zero-order valence-electron chi connectivity index (χ0n) is 10.8. The van der Waals surface area contributed by atoms with Crippen molar-refractivity contribution in [3.8, 4) is 0 Å². The number of carboxylic acid groups (broad SMARTS) is 1. The number of hydrogen-bond donors (Lipinski definition) is 3. The van der Waals surface area contributed by atoms with Crippen molar-refractivity contribution in [1.29, 1.82) is 0 Å². The average Bonchev–Trinajstić information content (AvgIpc) is 2.35. The van der Waals surface area contributed by atoms with Crippen molar-refractivity contribution >= 4 is 23.8 Å². The van der Waals surface area contributed by atoms with Crippen LogP contribution < -0.4 is 10.6 Å². The summed E-state index contributed by atoms with van der Waals surface area (Å²) in [7, 11) is 0. The maximum atomic E-state index is 11.6. The van der Waals surface area contributed by atoms with Gasteiger partial charge in [0.1, 0.15) is 0 Å². The second kappa shape index (κ2) is 8.24. The first-order valence-corrected chi connectivity index (χ1v) is 7.63. The maximum absolute atomic E-state index is 11.6. The second-order valence-corrected chi connectivity index (χ2v) is 5.74. The zero-order valence-corrected chi connectivity index (χ0v) is 11.6. The SMILES string of the molecule is CCCC(CNC(=O)NC1CCCSC1)C(=O)O. The summed E-state index contributed by atoms with van der Waals surface area (Å²) in [5, 5.41) is 14.5. The molecule has 6 heteroatoms. The van der Waals surface area contributed by atoms with E-state index in [0.717, 1.165) is 30.8 Å². The molecule has 104 valence electrons. The first-order valence-electron chi connectivity index (χ1n) is 6.48. The van der Waals surface area contributed by atoms with Gasteiger partial charge < -0.3 is 15.7 Å². The number of nitrogens with one attached hydrogen (secondary N) is 2. The third-order valence-corrected chi connectivity index (χ3v) is 4.21. The van der Waals surface area contributed by atoms with Crippen LogP contribution in [-0.4, -0.2) is 41.2 Å². The average molecular weight is 274 g/mol. The van der Waals surface area contributed by atoms with Gasteiger partial charge in [-0.15, -0.1) is 0 Å². The Labute approximate surface area is 112 Å². The van der Waals surface area contributed by atoms with Crippen LogP contribution in [0, 0.1) is 5.92 Å². The molecule has 0 aromatic rings. The highest BCUT2D eigenvalue weighted by atomic mass is 32.2. The molecule has 0 saturated carbocycles. The summed E-state index contributed by atoms with van der Waals surface area (Å²) in [5.74, 6) is 0.786. The molecular weight excluding hydrogens is 252 g/mol. The highest BCUT2D eigenvalue weighted by Crippen LogP contribution is 2.16. The normalized spacial score (nSPS) is 21.1. The van der Waals surface area contributed by atoms with Gasteiger partial charge in [0.25, 0.3) is 0 Å². The summed E-state index contributed by atoms with van der Waals surface area (Å²) < 4.78 is 0. The molecule has 0 spiro atoms. The Bertz CT molecular complexity index is 280. The topological polar surface area (TPSA) is 78.4 Å². The zero-order chi connectivity index (χ0) is 13.4. The Balaban J connectivity index is 2.24. The van der Waals surface area contributed by atoms with Gasteiger partial charge in [0.2, 0.25) is 0 Å². The molecule has 5 nitrogen and oxygen atoms in total. The molecule has 18 heavy (non-hydrogen) atoms. The van der Waals surface area contributed by atoms with Crippen LogP contribution in [0.5, 0.6) is 0 Å². The van der Waals surface area contributed by atoms with Crippen molar-refractivity contribution in [2.45, 2.75) is 38.6 Å². The fourth-order valence-corrected chi connectivity index (χ4v) is 3.04. The molecule has 1 aliphatic rings. The number of amides is 2. The van der Waals surface area contributed by atoms with Gasteiger partial charge in [-0.2, -0.15) is 11.8 Å². The lowest BCUT2D eigenvalue weighted by atomic mass is 10.0. The fourth-order valence-electron chi connectivity index (χ4n) is 1.97. The van der Waals surface area contributed by atoms with E-state index in [2.05, 4.69) is 10.6 Å². The van der Waals surface area contributed by atoms with E-state index in [1.807, 2.05) is 18.7 Å². The molecule has 2 amide bonds. The second-order valence-electron chi connectivity index (χ2n) is 4.59. The maximum Gasteiger partial charge on any atom is 0.315 e. The van der Waals surface area contributed by atoms with Crippen LogP contribution in [0.3, 0.4) is 0 Å². The molecule has 1 rings (SSSR count). The summed E-state index contributed by atoms with van der Waals surface area (Å²) in [6.07, 6.45) is 3.54. The summed E-state index contributed by atoms with van der Waals surface area (Å²) in [6, 6.07) is -0.0249. The number of aliphatic carboxylic acids is 1. The van der Waals surface area contributed by atoms with Gasteiger partial charge >= 0.3 is 12.0 Å². The molecule has 0 aromatic heterocycles. The minimum atomic E-state index is -0.842. The lowest BCUT2D eigenvalue weighted by molar-refractivity contribution is -0.141. The van der Waals surface area contributed by atoms with Gasteiger partial charge in [0.15, 0.2) is 0 Å². The molecule has 1 fully saturated rings. The number of urea groups is 1. The molecule has 0 aromatic carbocycles. The molecule has 1 saturated heterocycles. The lowest BCUT2D eigenvalue weighted by Crippen LogP contribution is -2.46. The van der Waals surface area contributed by atoms with Crippen LogP contribution in [0.15, 0.2) is 0 Å². The molecular formula is C12H22N2O3S. The van der Waals surface area contributed by atoms with Crippen LogP contribution >= 0.6 is 11.8 Å². The number of hydrogen-bond acceptors (Lipinski definition) is 3. The predicted molar refractivity (Wildman–Crippen MR) is 72.9 cm³/mol. The summed E-state index contributed by atoms with van der Waals surface area (Å²) in [6.45, 7) is 2.14. The van der Waals surface area contributed by atoms with Crippen molar-refractivity contribution in [2.75, 3.05) is 18.1 Å². The third kappa shape index (κ3) is 5.62. The molecule has 0 radical (unpaired) electrons. The highest BCUT2D eigenvalue weighted by molar-refractivity contribution is 7.99. The van der Waals surface area contributed by atoms with E-state index in [4.69, 9.17) is 5.11 Å². The van der Waals surface area contributed by atoms with Crippen LogP contribution in [0.4, 0.5) is 4.79 Å². The van der Waals surface area contributed by atoms with Crippen molar-refractivity contribution in [2.24, 2.45) is 5.92 Å². The third-order valence-electron chi connectivity index (χ3n) is 2.99. The van der Waals surface area contributed by atoms with Gasteiger partial charge in [-0.1, -0.05) is 13.3 Å². The van der Waals surface area contributed by atoms with Gasteiger partial charge in [-0.05, 0) is 25.0 Å². The Kier molecular flexibility index (Phi) is 6.93. The molecule has 1 heterocycles. The standard InChI is InChI=1S/C12H22N2O3S/c1-2-4-9(11(15)16)7-13-12(17)14-10-5-3-6-18-8-10/h9-10H,2-8H2,1H3,(H,15,16)(H2,13,14,17). The number of rotatable bonds is 6. The van der Waals surface area contributed by atoms with Crippen LogP contribution in [0.2, 0.25) is 0 Å². The van der Waals surface area contributed by atoms with Crippen molar-refractivity contribution in [1.82, 2.24) is 10.6 Å². The summed E-state index contributed by atoms with van der Waals surface area (Å²) >= 11 is 1.85. The van der Waals surface area contributed by atoms with E-state index in [1.54, 1.807) is 0 Å². The van der Waals surface area contributed by atoms with Crippen molar-refractivity contribution in [3.05, 3.63) is 0 Å². The Morgan fingerprint density at radius 3 is 2.83 bits per heavy atom. The van der Waals surface area contributed by atoms with E-state index in [9.17, 15) is 9.59 Å². The number of carboxylic acids is 1. The van der Waals surface area contributed by atoms with Crippen LogP contribution in [0.1, 0.15) is 32.6 Å². The number of thioether (sulfide) groups is 1. The predicted octanol–water partition coefficient (Wildman–Crippen LogP) is 1.68. The monoisotopic (exact) mass is 274 g/mol. The Morgan fingerprint density at radius 1 is 1.50 bits per heavy atom. The van der Waals surface area contributed by atoms with Crippen LogP contribution in [0.25, 0.3) is 0 Å². The molecule has 1 aliphatic heterocycles. The Morgan fingerprint density at radius 2 is 2.28 bits per heavy atom.